The van der Waals surface area contributed by atoms with Crippen LogP contribution in [0.2, 0.25) is 0 Å². The summed E-state index contributed by atoms with van der Waals surface area (Å²) in [6.07, 6.45) is -4.12. The number of para-hydroxylation sites is 1. The summed E-state index contributed by atoms with van der Waals surface area (Å²) in [5, 5.41) is 11.7. The van der Waals surface area contributed by atoms with Gasteiger partial charge in [0.15, 0.2) is 5.57 Å². The molecule has 2 N–H and O–H groups in total. The number of carboxylic acids is 1. The molecule has 0 fully saturated rings. The number of benzene rings is 1. The highest BCUT2D eigenvalue weighted by Crippen LogP contribution is 2.35. The number of carbonyl (C=O) groups excluding carboxylic acids is 1. The van der Waals surface area contributed by atoms with Gasteiger partial charge in [0.05, 0.1) is 17.9 Å². The fraction of sp³-hybridized carbons (Fsp3) is 0.375. The van der Waals surface area contributed by atoms with Crippen molar-refractivity contribution in [1.82, 2.24) is 0 Å². The van der Waals surface area contributed by atoms with Crippen LogP contribution in [-0.4, -0.2) is 23.7 Å². The summed E-state index contributed by atoms with van der Waals surface area (Å²) in [6.45, 7) is 3.17. The van der Waals surface area contributed by atoms with Gasteiger partial charge in [0.1, 0.15) is 0 Å². The number of aliphatic carboxylic acids is 1. The van der Waals surface area contributed by atoms with Crippen molar-refractivity contribution >= 4 is 17.6 Å². The van der Waals surface area contributed by atoms with Crippen molar-refractivity contribution in [3.63, 3.8) is 0 Å². The second-order valence-electron chi connectivity index (χ2n) is 4.80. The second kappa shape index (κ2) is 8.37. The van der Waals surface area contributed by atoms with Crippen LogP contribution in [-0.2, 0) is 20.5 Å². The fourth-order valence-corrected chi connectivity index (χ4v) is 2.04. The Hall–Kier alpha value is -2.51. The lowest BCUT2D eigenvalue weighted by Crippen LogP contribution is -2.21. The summed E-state index contributed by atoms with van der Waals surface area (Å²) in [6, 6.07) is 4.65. The van der Waals surface area contributed by atoms with Gasteiger partial charge in [-0.1, -0.05) is 25.5 Å². The van der Waals surface area contributed by atoms with Gasteiger partial charge in [-0.25, -0.2) is 9.59 Å². The average molecular weight is 345 g/mol. The Balaban J connectivity index is 3.39. The van der Waals surface area contributed by atoms with E-state index < -0.39 is 29.3 Å². The van der Waals surface area contributed by atoms with Crippen LogP contribution in [0.25, 0.3) is 0 Å². The number of hydrogen-bond acceptors (Lipinski definition) is 4. The van der Waals surface area contributed by atoms with E-state index in [9.17, 15) is 27.9 Å². The van der Waals surface area contributed by atoms with E-state index in [1.165, 1.54) is 25.1 Å². The Bertz CT molecular complexity index is 638. The first-order valence-corrected chi connectivity index (χ1v) is 7.29. The number of ether oxygens (including phenoxy) is 1. The van der Waals surface area contributed by atoms with Gasteiger partial charge < -0.3 is 15.2 Å². The summed E-state index contributed by atoms with van der Waals surface area (Å²) < 4.78 is 43.9. The number of allylic oxidation sites excluding steroid dienone is 1. The first kappa shape index (κ1) is 19.5. The van der Waals surface area contributed by atoms with E-state index in [1.807, 2.05) is 0 Å². The number of carbonyl (C=O) groups is 2. The van der Waals surface area contributed by atoms with E-state index in [-0.39, 0.29) is 24.4 Å². The lowest BCUT2D eigenvalue weighted by molar-refractivity contribution is -0.144. The Labute approximate surface area is 137 Å². The molecule has 0 radical (unpaired) electrons. The molecule has 0 bridgehead atoms. The zero-order chi connectivity index (χ0) is 18.3. The molecule has 0 aliphatic carbocycles. The number of rotatable bonds is 7. The molecule has 1 aromatic rings. The van der Waals surface area contributed by atoms with Crippen molar-refractivity contribution in [2.24, 2.45) is 0 Å². The Morgan fingerprint density at radius 2 is 1.83 bits per heavy atom. The average Bonchev–Trinajstić information content (AvgIpc) is 2.47. The summed E-state index contributed by atoms with van der Waals surface area (Å²) in [5.41, 5.74) is -2.10. The molecule has 0 aliphatic heterocycles. The molecule has 132 valence electrons. The first-order chi connectivity index (χ1) is 11.2. The predicted octanol–water partition coefficient (Wildman–Crippen LogP) is 3.82. The predicted molar refractivity (Wildman–Crippen MR) is 81.3 cm³/mol. The van der Waals surface area contributed by atoms with E-state index in [2.05, 4.69) is 10.1 Å². The molecule has 0 aliphatic rings. The zero-order valence-electron chi connectivity index (χ0n) is 13.2. The van der Waals surface area contributed by atoms with Gasteiger partial charge >= 0.3 is 18.1 Å². The number of carboxylic acid groups (broad SMARTS) is 1. The van der Waals surface area contributed by atoms with E-state index >= 15 is 0 Å². The molecule has 8 heteroatoms. The van der Waals surface area contributed by atoms with Crippen molar-refractivity contribution < 1.29 is 32.6 Å². The molecule has 0 amide bonds. The maximum absolute atomic E-state index is 13.1. The number of hydrogen-bond donors (Lipinski definition) is 2. The quantitative estimate of drug-likeness (QED) is 0.340. The molecule has 0 heterocycles. The molecule has 1 aromatic carbocycles. The van der Waals surface area contributed by atoms with Crippen LogP contribution in [0.4, 0.5) is 18.9 Å². The monoisotopic (exact) mass is 345 g/mol. The molecule has 5 nitrogen and oxygen atoms in total. The molecule has 0 saturated heterocycles. The highest BCUT2D eigenvalue weighted by molar-refractivity contribution is 6.14. The van der Waals surface area contributed by atoms with E-state index in [4.69, 9.17) is 0 Å². The maximum Gasteiger partial charge on any atom is 0.418 e. The highest BCUT2D eigenvalue weighted by atomic mass is 19.4. The van der Waals surface area contributed by atoms with Crippen LogP contribution in [0.5, 0.6) is 0 Å². The minimum atomic E-state index is -4.62. The molecule has 24 heavy (non-hydrogen) atoms. The number of nitrogens with one attached hydrogen (secondary N) is 1. The third kappa shape index (κ3) is 5.00. The van der Waals surface area contributed by atoms with Crippen molar-refractivity contribution in [2.45, 2.75) is 32.9 Å². The lowest BCUT2D eigenvalue weighted by atomic mass is 10.1. The van der Waals surface area contributed by atoms with Gasteiger partial charge in [-0.05, 0) is 25.5 Å². The molecule has 1 rings (SSSR count). The maximum atomic E-state index is 13.1. The number of halogens is 3. The Kier molecular flexibility index (Phi) is 6.82. The van der Waals surface area contributed by atoms with E-state index in [1.54, 1.807) is 6.92 Å². The van der Waals surface area contributed by atoms with Gasteiger partial charge in [0.2, 0.25) is 0 Å². The fourth-order valence-electron chi connectivity index (χ4n) is 2.04. The smallest absolute Gasteiger partial charge is 0.418 e. The number of alkyl halides is 3. The van der Waals surface area contributed by atoms with Crippen LogP contribution in [0.3, 0.4) is 0 Å². The van der Waals surface area contributed by atoms with Crippen LogP contribution in [0.1, 0.15) is 32.3 Å². The summed E-state index contributed by atoms with van der Waals surface area (Å²) in [7, 11) is 0. The van der Waals surface area contributed by atoms with Crippen LogP contribution in [0.15, 0.2) is 35.5 Å². The first-order valence-electron chi connectivity index (χ1n) is 7.29. The Morgan fingerprint density at radius 1 is 1.21 bits per heavy atom. The van der Waals surface area contributed by atoms with Crippen molar-refractivity contribution in [2.75, 3.05) is 11.9 Å². The summed E-state index contributed by atoms with van der Waals surface area (Å²) >= 11 is 0. The molecule has 0 unspecified atom stereocenters. The highest BCUT2D eigenvalue weighted by Gasteiger charge is 2.34. The largest absolute Gasteiger partial charge is 0.477 e. The van der Waals surface area contributed by atoms with Gasteiger partial charge in [0.25, 0.3) is 0 Å². The van der Waals surface area contributed by atoms with Crippen LogP contribution in [0, 0.1) is 0 Å². The molecule has 0 aromatic heterocycles. The number of esters is 1. The topological polar surface area (TPSA) is 75.6 Å². The van der Waals surface area contributed by atoms with Crippen molar-refractivity contribution in [1.29, 1.82) is 0 Å². The minimum absolute atomic E-state index is 0.0475. The van der Waals surface area contributed by atoms with Gasteiger partial charge in [-0.2, -0.15) is 13.2 Å². The van der Waals surface area contributed by atoms with Crippen molar-refractivity contribution in [3.8, 4) is 0 Å². The SMILES string of the molecule is CCCC(Nc1ccccc1C(F)(F)F)=C(C(=O)O)C(=O)OCC. The van der Waals surface area contributed by atoms with Crippen molar-refractivity contribution in [3.05, 3.63) is 41.1 Å². The van der Waals surface area contributed by atoms with Crippen LogP contribution >= 0.6 is 0 Å². The summed E-state index contributed by atoms with van der Waals surface area (Å²) in [4.78, 5) is 23.2. The normalized spacial score (nSPS) is 12.4. The van der Waals surface area contributed by atoms with Gasteiger partial charge in [-0.3, -0.25) is 0 Å². The third-order valence-corrected chi connectivity index (χ3v) is 3.01. The molecule has 0 spiro atoms. The van der Waals surface area contributed by atoms with E-state index in [0.717, 1.165) is 6.07 Å². The second-order valence-corrected chi connectivity index (χ2v) is 4.80. The van der Waals surface area contributed by atoms with Crippen LogP contribution < -0.4 is 5.32 Å². The van der Waals surface area contributed by atoms with E-state index in [0.29, 0.717) is 6.42 Å². The van der Waals surface area contributed by atoms with Gasteiger partial charge in [0, 0.05) is 5.70 Å². The minimum Gasteiger partial charge on any atom is -0.477 e. The standard InChI is InChI=1S/C16H18F3NO4/c1-3-7-12(13(14(21)22)15(23)24-4-2)20-11-9-6-5-8-10(11)16(17,18)19/h5-6,8-9,20H,3-4,7H2,1-2H3,(H,21,22). The molecular weight excluding hydrogens is 327 g/mol. The third-order valence-electron chi connectivity index (χ3n) is 3.01. The molecular formula is C16H18F3NO4. The number of anilines is 1. The molecule has 0 saturated carbocycles. The zero-order valence-corrected chi connectivity index (χ0v) is 13.2. The van der Waals surface area contributed by atoms with Gasteiger partial charge in [-0.15, -0.1) is 0 Å². The lowest BCUT2D eigenvalue weighted by Gasteiger charge is -2.18. The summed E-state index contributed by atoms with van der Waals surface area (Å²) in [5.74, 6) is -2.65. The Morgan fingerprint density at radius 3 is 2.33 bits per heavy atom. The molecule has 0 atom stereocenters.